The van der Waals surface area contributed by atoms with Crippen LogP contribution < -0.4 is 10.1 Å². The molecule has 0 aliphatic rings. The van der Waals surface area contributed by atoms with Gasteiger partial charge in [0.15, 0.2) is 0 Å². The number of nitrogens with one attached hydrogen (secondary N) is 1. The number of carbonyl (C=O) groups excluding carboxylic acids is 1. The Kier molecular flexibility index (Phi) is 6.89. The summed E-state index contributed by atoms with van der Waals surface area (Å²) in [5, 5.41) is 7.79. The number of rotatable bonds is 8. The van der Waals surface area contributed by atoms with E-state index < -0.39 is 0 Å². The predicted molar refractivity (Wildman–Crippen MR) is 131 cm³/mol. The van der Waals surface area contributed by atoms with E-state index in [1.165, 1.54) is 0 Å². The molecule has 3 aromatic carbocycles. The number of ether oxygens (including phenoxy) is 1. The van der Waals surface area contributed by atoms with Crippen molar-refractivity contribution in [3.63, 3.8) is 0 Å². The maximum absolute atomic E-state index is 12.6. The fourth-order valence-corrected chi connectivity index (χ4v) is 3.76. The van der Waals surface area contributed by atoms with Gasteiger partial charge in [0.1, 0.15) is 5.75 Å². The molecule has 0 aliphatic carbocycles. The Hall–Kier alpha value is -3.86. The number of benzene rings is 3. The third kappa shape index (κ3) is 5.50. The lowest BCUT2D eigenvalue weighted by atomic mass is 10.1. The number of aryl methyl sites for hydroxylation is 3. The predicted octanol–water partition coefficient (Wildman–Crippen LogP) is 5.84. The molecule has 0 bridgehead atoms. The number of para-hydroxylation sites is 1. The lowest BCUT2D eigenvalue weighted by Gasteiger charge is -2.13. The van der Waals surface area contributed by atoms with Crippen molar-refractivity contribution >= 4 is 5.91 Å². The number of nitrogens with zero attached hydrogens (tertiary/aromatic N) is 2. The van der Waals surface area contributed by atoms with Gasteiger partial charge in [-0.05, 0) is 62.1 Å². The third-order valence-electron chi connectivity index (χ3n) is 5.62. The first-order valence-electron chi connectivity index (χ1n) is 11.2. The Labute approximate surface area is 195 Å². The lowest BCUT2D eigenvalue weighted by molar-refractivity contribution is -0.121. The maximum Gasteiger partial charge on any atom is 0.226 e. The van der Waals surface area contributed by atoms with Crippen LogP contribution in [0.4, 0.5) is 0 Å². The summed E-state index contributed by atoms with van der Waals surface area (Å²) < 4.78 is 8.26. The second-order valence-electron chi connectivity index (χ2n) is 8.25. The van der Waals surface area contributed by atoms with Gasteiger partial charge in [-0.3, -0.25) is 4.79 Å². The highest BCUT2D eigenvalue weighted by Crippen LogP contribution is 2.33. The fourth-order valence-electron chi connectivity index (χ4n) is 3.76. The summed E-state index contributed by atoms with van der Waals surface area (Å²) in [6, 6.07) is 26.0. The van der Waals surface area contributed by atoms with Gasteiger partial charge in [0.2, 0.25) is 11.8 Å². The highest BCUT2D eigenvalue weighted by atomic mass is 16.5. The molecule has 0 aliphatic heterocycles. The molecule has 0 unspecified atom stereocenters. The lowest BCUT2D eigenvalue weighted by Crippen LogP contribution is -2.23. The van der Waals surface area contributed by atoms with E-state index in [1.54, 1.807) is 0 Å². The van der Waals surface area contributed by atoms with Crippen molar-refractivity contribution in [1.29, 1.82) is 0 Å². The molecule has 1 amide bonds. The Morgan fingerprint density at radius 3 is 2.45 bits per heavy atom. The van der Waals surface area contributed by atoms with Crippen molar-refractivity contribution in [3.8, 4) is 17.3 Å². The summed E-state index contributed by atoms with van der Waals surface area (Å²) in [7, 11) is 0. The van der Waals surface area contributed by atoms with E-state index >= 15 is 0 Å². The number of hydrogen-bond donors (Lipinski definition) is 1. The smallest absolute Gasteiger partial charge is 0.226 e. The quantitative estimate of drug-likeness (QED) is 0.375. The molecule has 0 radical (unpaired) electrons. The molecule has 0 fully saturated rings. The van der Waals surface area contributed by atoms with E-state index in [9.17, 15) is 4.79 Å². The van der Waals surface area contributed by atoms with Crippen LogP contribution in [0.2, 0.25) is 0 Å². The Morgan fingerprint density at radius 2 is 1.70 bits per heavy atom. The second-order valence-corrected chi connectivity index (χ2v) is 8.25. The first kappa shape index (κ1) is 22.3. The summed E-state index contributed by atoms with van der Waals surface area (Å²) in [6.45, 7) is 6.56. The van der Waals surface area contributed by atoms with E-state index in [-0.39, 0.29) is 5.91 Å². The van der Waals surface area contributed by atoms with Gasteiger partial charge in [0.25, 0.3) is 0 Å². The van der Waals surface area contributed by atoms with Crippen LogP contribution in [0.3, 0.4) is 0 Å². The number of carbonyl (C=O) groups is 1. The number of aromatic nitrogens is 2. The first-order valence-corrected chi connectivity index (χ1v) is 11.2. The summed E-state index contributed by atoms with van der Waals surface area (Å²) in [4.78, 5) is 12.6. The Bertz CT molecular complexity index is 1250. The molecule has 4 aromatic rings. The molecule has 1 N–H and O–H groups in total. The summed E-state index contributed by atoms with van der Waals surface area (Å²) in [6.07, 6.45) is 0.900. The fraction of sp³-hybridized carbons (Fsp3) is 0.214. The topological polar surface area (TPSA) is 56.2 Å². The van der Waals surface area contributed by atoms with Crippen LogP contribution in [0, 0.1) is 20.8 Å². The number of amides is 1. The van der Waals surface area contributed by atoms with Crippen molar-refractivity contribution in [1.82, 2.24) is 15.1 Å². The van der Waals surface area contributed by atoms with E-state index in [0.29, 0.717) is 25.3 Å². The first-order chi connectivity index (χ1) is 16.0. The highest BCUT2D eigenvalue weighted by molar-refractivity contribution is 5.76. The molecule has 0 spiro atoms. The van der Waals surface area contributed by atoms with E-state index in [1.807, 2.05) is 85.3 Å². The zero-order valence-electron chi connectivity index (χ0n) is 19.3. The highest BCUT2D eigenvalue weighted by Gasteiger charge is 2.20. The summed E-state index contributed by atoms with van der Waals surface area (Å²) in [5.74, 6) is 1.44. The van der Waals surface area contributed by atoms with E-state index in [0.717, 1.165) is 39.4 Å². The van der Waals surface area contributed by atoms with Gasteiger partial charge in [0, 0.05) is 18.5 Å². The largest absolute Gasteiger partial charge is 0.438 e. The standard InChI is InChI=1S/C28H29N3O2/c1-20-10-9-14-24(18-20)31-28(33-26-15-8-7-11-21(26)2)25(22(3)30-31)16-17-27(32)29-19-23-12-5-4-6-13-23/h4-15,18H,16-17,19H2,1-3H3,(H,29,32). The van der Waals surface area contributed by atoms with Crippen molar-refractivity contribution in [3.05, 3.63) is 107 Å². The van der Waals surface area contributed by atoms with Gasteiger partial charge >= 0.3 is 0 Å². The van der Waals surface area contributed by atoms with Crippen LogP contribution in [0.1, 0.15) is 34.4 Å². The van der Waals surface area contributed by atoms with Crippen LogP contribution in [-0.2, 0) is 17.8 Å². The molecule has 4 rings (SSSR count). The molecule has 1 heterocycles. The van der Waals surface area contributed by atoms with Crippen molar-refractivity contribution < 1.29 is 9.53 Å². The van der Waals surface area contributed by atoms with Gasteiger partial charge in [-0.1, -0.05) is 60.7 Å². The molecule has 1 aromatic heterocycles. The third-order valence-corrected chi connectivity index (χ3v) is 5.62. The monoisotopic (exact) mass is 439 g/mol. The van der Waals surface area contributed by atoms with Crippen LogP contribution in [0.15, 0.2) is 78.9 Å². The zero-order valence-corrected chi connectivity index (χ0v) is 19.3. The summed E-state index contributed by atoms with van der Waals surface area (Å²) >= 11 is 0. The van der Waals surface area contributed by atoms with Gasteiger partial charge in [-0.2, -0.15) is 5.10 Å². The zero-order chi connectivity index (χ0) is 23.2. The number of hydrogen-bond acceptors (Lipinski definition) is 3. The van der Waals surface area contributed by atoms with Crippen LogP contribution >= 0.6 is 0 Å². The average Bonchev–Trinajstić information content (AvgIpc) is 3.13. The molecule has 5 nitrogen and oxygen atoms in total. The second kappa shape index (κ2) is 10.2. The maximum atomic E-state index is 12.6. The summed E-state index contributed by atoms with van der Waals surface area (Å²) in [5.41, 5.74) is 5.99. The van der Waals surface area contributed by atoms with Gasteiger partial charge in [-0.25, -0.2) is 4.68 Å². The minimum atomic E-state index is 0.00315. The van der Waals surface area contributed by atoms with E-state index in [2.05, 4.69) is 24.4 Å². The average molecular weight is 440 g/mol. The van der Waals surface area contributed by atoms with Crippen molar-refractivity contribution in [2.24, 2.45) is 0 Å². The van der Waals surface area contributed by atoms with Crippen molar-refractivity contribution in [2.45, 2.75) is 40.2 Å². The van der Waals surface area contributed by atoms with E-state index in [4.69, 9.17) is 9.84 Å². The molecular formula is C28H29N3O2. The van der Waals surface area contributed by atoms with Gasteiger partial charge in [-0.15, -0.1) is 0 Å². The normalized spacial score (nSPS) is 10.8. The minimum absolute atomic E-state index is 0.00315. The van der Waals surface area contributed by atoms with Gasteiger partial charge < -0.3 is 10.1 Å². The van der Waals surface area contributed by atoms with Crippen LogP contribution in [-0.4, -0.2) is 15.7 Å². The molecule has 0 saturated heterocycles. The molecule has 5 heteroatoms. The van der Waals surface area contributed by atoms with Crippen molar-refractivity contribution in [2.75, 3.05) is 0 Å². The minimum Gasteiger partial charge on any atom is -0.438 e. The molecule has 168 valence electrons. The Morgan fingerprint density at radius 1 is 0.939 bits per heavy atom. The Balaban J connectivity index is 1.58. The molecule has 0 atom stereocenters. The SMILES string of the molecule is Cc1cccc(-n2nc(C)c(CCC(=O)NCc3ccccc3)c2Oc2ccccc2C)c1. The molecule has 33 heavy (non-hydrogen) atoms. The molecular weight excluding hydrogens is 410 g/mol. The molecule has 0 saturated carbocycles. The van der Waals surface area contributed by atoms with Crippen LogP contribution in [0.5, 0.6) is 11.6 Å². The van der Waals surface area contributed by atoms with Crippen LogP contribution in [0.25, 0.3) is 5.69 Å². The van der Waals surface area contributed by atoms with Gasteiger partial charge in [0.05, 0.1) is 11.4 Å².